The average Bonchev–Trinajstić information content (AvgIpc) is 2.55. The number of amides is 2. The zero-order valence-corrected chi connectivity index (χ0v) is 15.9. The molecule has 0 aliphatic carbocycles. The highest BCUT2D eigenvalue weighted by atomic mass is 35.5. The molecule has 0 aromatic heterocycles. The van der Waals surface area contributed by atoms with Gasteiger partial charge in [0.25, 0.3) is 0 Å². The van der Waals surface area contributed by atoms with Crippen LogP contribution >= 0.6 is 23.2 Å². The predicted octanol–water partition coefficient (Wildman–Crippen LogP) is 2.42. The number of hydrogen-bond donors (Lipinski definition) is 1. The van der Waals surface area contributed by atoms with Crippen molar-refractivity contribution in [3.8, 4) is 0 Å². The van der Waals surface area contributed by atoms with Gasteiger partial charge in [-0.3, -0.25) is 4.90 Å². The molecule has 24 heavy (non-hydrogen) atoms. The number of urea groups is 1. The number of piperazine rings is 1. The van der Waals surface area contributed by atoms with Crippen molar-refractivity contribution in [2.24, 2.45) is 0 Å². The number of rotatable bonds is 6. The monoisotopic (exact) mass is 372 g/mol. The molecule has 0 spiro atoms. The van der Waals surface area contributed by atoms with E-state index in [0.29, 0.717) is 23.0 Å². The molecule has 1 heterocycles. The van der Waals surface area contributed by atoms with E-state index in [1.54, 1.807) is 6.07 Å². The minimum Gasteiger partial charge on any atom is -0.338 e. The van der Waals surface area contributed by atoms with Gasteiger partial charge in [0.15, 0.2) is 0 Å². The fourth-order valence-corrected chi connectivity index (χ4v) is 3.16. The summed E-state index contributed by atoms with van der Waals surface area (Å²) in [6.45, 7) is 6.10. The van der Waals surface area contributed by atoms with E-state index in [1.807, 2.05) is 17.0 Å². The Morgan fingerprint density at radius 1 is 1.21 bits per heavy atom. The molecule has 7 heteroatoms. The SMILES string of the molecule is CN(C)CCN1CCN(C(=O)NCCc2ccc(Cl)cc2Cl)CC1. The van der Waals surface area contributed by atoms with E-state index in [1.165, 1.54) is 0 Å². The first-order valence-electron chi connectivity index (χ1n) is 8.29. The Morgan fingerprint density at radius 2 is 1.92 bits per heavy atom. The highest BCUT2D eigenvalue weighted by Gasteiger charge is 2.20. The first kappa shape index (κ1) is 19.3. The van der Waals surface area contributed by atoms with Crippen LogP contribution in [0.15, 0.2) is 18.2 Å². The zero-order valence-electron chi connectivity index (χ0n) is 14.4. The average molecular weight is 373 g/mol. The second-order valence-electron chi connectivity index (χ2n) is 6.35. The molecule has 5 nitrogen and oxygen atoms in total. The number of halogens is 2. The first-order chi connectivity index (χ1) is 11.5. The van der Waals surface area contributed by atoms with E-state index in [9.17, 15) is 4.79 Å². The van der Waals surface area contributed by atoms with Crippen LogP contribution in [0, 0.1) is 0 Å². The van der Waals surface area contributed by atoms with E-state index >= 15 is 0 Å². The van der Waals surface area contributed by atoms with Gasteiger partial charge in [0.05, 0.1) is 0 Å². The molecule has 0 atom stereocenters. The fraction of sp³-hybridized carbons (Fsp3) is 0.588. The standard InChI is InChI=1S/C17H26Cl2N4O/c1-21(2)7-8-22-9-11-23(12-10-22)17(24)20-6-5-14-3-4-15(18)13-16(14)19/h3-4,13H,5-12H2,1-2H3,(H,20,24). The number of hydrogen-bond acceptors (Lipinski definition) is 3. The number of nitrogens with one attached hydrogen (secondary N) is 1. The van der Waals surface area contributed by atoms with E-state index in [2.05, 4.69) is 29.2 Å². The number of carbonyl (C=O) groups is 1. The van der Waals surface area contributed by atoms with Crippen molar-refractivity contribution in [3.05, 3.63) is 33.8 Å². The molecule has 134 valence electrons. The molecule has 2 amide bonds. The fourth-order valence-electron chi connectivity index (χ4n) is 2.66. The van der Waals surface area contributed by atoms with Crippen LogP contribution in [0.1, 0.15) is 5.56 Å². The molecule has 1 aliphatic rings. The maximum Gasteiger partial charge on any atom is 0.317 e. The van der Waals surface area contributed by atoms with Gasteiger partial charge < -0.3 is 15.1 Å². The summed E-state index contributed by atoms with van der Waals surface area (Å²) in [5, 5.41) is 4.25. The second kappa shape index (κ2) is 9.47. The third-order valence-corrected chi connectivity index (χ3v) is 4.80. The molecule has 1 fully saturated rings. The topological polar surface area (TPSA) is 38.8 Å². The highest BCUT2D eigenvalue weighted by Crippen LogP contribution is 2.21. The molecule has 0 radical (unpaired) electrons. The predicted molar refractivity (Wildman–Crippen MR) is 100 cm³/mol. The first-order valence-corrected chi connectivity index (χ1v) is 9.05. The van der Waals surface area contributed by atoms with Gasteiger partial charge in [-0.2, -0.15) is 0 Å². The van der Waals surface area contributed by atoms with Crippen LogP contribution < -0.4 is 5.32 Å². The Balaban J connectivity index is 1.68. The summed E-state index contributed by atoms with van der Waals surface area (Å²) in [4.78, 5) is 18.7. The molecule has 1 aromatic carbocycles. The Kier molecular flexibility index (Phi) is 7.62. The van der Waals surface area contributed by atoms with E-state index in [4.69, 9.17) is 23.2 Å². The van der Waals surface area contributed by atoms with Crippen LogP contribution in [0.2, 0.25) is 10.0 Å². The van der Waals surface area contributed by atoms with Gasteiger partial charge >= 0.3 is 6.03 Å². The van der Waals surface area contributed by atoms with Gasteiger partial charge in [-0.25, -0.2) is 4.79 Å². The minimum atomic E-state index is 0.00680. The quantitative estimate of drug-likeness (QED) is 0.833. The van der Waals surface area contributed by atoms with Crippen LogP contribution in [0.4, 0.5) is 4.79 Å². The summed E-state index contributed by atoms with van der Waals surface area (Å²) in [6, 6.07) is 5.46. The Bertz CT molecular complexity index is 545. The maximum atomic E-state index is 12.2. The van der Waals surface area contributed by atoms with Crippen molar-refractivity contribution in [2.45, 2.75) is 6.42 Å². The third kappa shape index (κ3) is 6.13. The molecule has 1 aromatic rings. The van der Waals surface area contributed by atoms with Crippen LogP contribution in [0.25, 0.3) is 0 Å². The highest BCUT2D eigenvalue weighted by molar-refractivity contribution is 6.35. The van der Waals surface area contributed by atoms with Gasteiger partial charge in [0, 0.05) is 55.9 Å². The molecule has 1 N–H and O–H groups in total. The number of likely N-dealkylation sites (N-methyl/N-ethyl adjacent to an activating group) is 1. The van der Waals surface area contributed by atoms with Crippen LogP contribution in [-0.4, -0.2) is 80.6 Å². The summed E-state index contributed by atoms with van der Waals surface area (Å²) in [7, 11) is 4.16. The van der Waals surface area contributed by atoms with E-state index < -0.39 is 0 Å². The molecule has 2 rings (SSSR count). The lowest BCUT2D eigenvalue weighted by Gasteiger charge is -2.35. The van der Waals surface area contributed by atoms with E-state index in [0.717, 1.165) is 44.8 Å². The Labute approximate surface area is 154 Å². The van der Waals surface area contributed by atoms with Gasteiger partial charge in [0.2, 0.25) is 0 Å². The van der Waals surface area contributed by atoms with Crippen molar-refractivity contribution < 1.29 is 4.79 Å². The summed E-state index contributed by atoms with van der Waals surface area (Å²) >= 11 is 12.0. The summed E-state index contributed by atoms with van der Waals surface area (Å²) in [5.74, 6) is 0. The van der Waals surface area contributed by atoms with Crippen molar-refractivity contribution in [1.82, 2.24) is 20.0 Å². The third-order valence-electron chi connectivity index (χ3n) is 4.21. The lowest BCUT2D eigenvalue weighted by Crippen LogP contribution is -2.52. The molecule has 0 saturated carbocycles. The number of nitrogens with zero attached hydrogens (tertiary/aromatic N) is 3. The Hall–Kier alpha value is -1.01. The molecule has 0 bridgehead atoms. The number of benzene rings is 1. The maximum absolute atomic E-state index is 12.2. The zero-order chi connectivity index (χ0) is 17.5. The molecular formula is C17H26Cl2N4O. The van der Waals surface area contributed by atoms with Crippen molar-refractivity contribution in [2.75, 3.05) is 59.9 Å². The largest absolute Gasteiger partial charge is 0.338 e. The lowest BCUT2D eigenvalue weighted by atomic mass is 10.1. The molecule has 1 aliphatic heterocycles. The van der Waals surface area contributed by atoms with Gasteiger partial charge in [-0.15, -0.1) is 0 Å². The van der Waals surface area contributed by atoms with Crippen LogP contribution in [0.5, 0.6) is 0 Å². The van der Waals surface area contributed by atoms with Gasteiger partial charge in [-0.1, -0.05) is 29.3 Å². The van der Waals surface area contributed by atoms with Crippen molar-refractivity contribution in [1.29, 1.82) is 0 Å². The normalized spacial score (nSPS) is 15.8. The second-order valence-corrected chi connectivity index (χ2v) is 7.19. The summed E-state index contributed by atoms with van der Waals surface area (Å²) in [6.07, 6.45) is 0.699. The van der Waals surface area contributed by atoms with Gasteiger partial charge in [-0.05, 0) is 38.2 Å². The summed E-state index contributed by atoms with van der Waals surface area (Å²) in [5.41, 5.74) is 0.995. The molecule has 1 saturated heterocycles. The van der Waals surface area contributed by atoms with Crippen LogP contribution in [0.3, 0.4) is 0 Å². The lowest BCUT2D eigenvalue weighted by molar-refractivity contribution is 0.133. The Morgan fingerprint density at radius 3 is 2.54 bits per heavy atom. The van der Waals surface area contributed by atoms with Crippen molar-refractivity contribution in [3.63, 3.8) is 0 Å². The molecular weight excluding hydrogens is 347 g/mol. The van der Waals surface area contributed by atoms with Crippen molar-refractivity contribution >= 4 is 29.2 Å². The number of carbonyl (C=O) groups excluding carboxylic acids is 1. The minimum absolute atomic E-state index is 0.00680. The van der Waals surface area contributed by atoms with E-state index in [-0.39, 0.29) is 6.03 Å². The molecule has 0 unspecified atom stereocenters. The summed E-state index contributed by atoms with van der Waals surface area (Å²) < 4.78 is 0. The van der Waals surface area contributed by atoms with Crippen LogP contribution in [-0.2, 0) is 6.42 Å². The smallest absolute Gasteiger partial charge is 0.317 e. The van der Waals surface area contributed by atoms with Gasteiger partial charge in [0.1, 0.15) is 0 Å².